The predicted molar refractivity (Wildman–Crippen MR) is 61.0 cm³/mol. The Hall–Kier alpha value is -1.95. The van der Waals surface area contributed by atoms with Gasteiger partial charge in [0.05, 0.1) is 0 Å². The van der Waals surface area contributed by atoms with Gasteiger partial charge in [-0.2, -0.15) is 0 Å². The van der Waals surface area contributed by atoms with E-state index in [0.717, 1.165) is 24.5 Å². The van der Waals surface area contributed by atoms with E-state index in [0.29, 0.717) is 5.82 Å². The highest BCUT2D eigenvalue weighted by atomic mass is 15.3. The minimum atomic E-state index is 0.613. The number of aromatic nitrogens is 4. The first-order chi connectivity index (χ1) is 7.83. The first kappa shape index (κ1) is 10.6. The van der Waals surface area contributed by atoms with Gasteiger partial charge in [-0.25, -0.2) is 20.8 Å². The van der Waals surface area contributed by atoms with E-state index in [-0.39, 0.29) is 0 Å². The second kappa shape index (κ2) is 4.71. The van der Waals surface area contributed by atoms with Crippen LogP contribution in [0.3, 0.4) is 0 Å². The van der Waals surface area contributed by atoms with Crippen LogP contribution in [-0.2, 0) is 6.42 Å². The monoisotopic (exact) mass is 218 g/mol. The summed E-state index contributed by atoms with van der Waals surface area (Å²) in [4.78, 5) is 12.7. The number of nitrogens with one attached hydrogen (secondary N) is 1. The first-order valence-corrected chi connectivity index (χ1v) is 5.16. The summed E-state index contributed by atoms with van der Waals surface area (Å²) in [5, 5.41) is 0. The highest BCUT2D eigenvalue weighted by Crippen LogP contribution is 2.10. The molecule has 0 amide bonds. The van der Waals surface area contributed by atoms with Crippen molar-refractivity contribution in [2.45, 2.75) is 19.8 Å². The van der Waals surface area contributed by atoms with Crippen molar-refractivity contribution in [1.82, 2.24) is 19.5 Å². The Morgan fingerprint density at radius 3 is 2.94 bits per heavy atom. The summed E-state index contributed by atoms with van der Waals surface area (Å²) in [5.41, 5.74) is 2.54. The minimum Gasteiger partial charge on any atom is -0.308 e. The molecule has 0 saturated heterocycles. The molecule has 0 aliphatic rings. The Morgan fingerprint density at radius 2 is 2.31 bits per heavy atom. The van der Waals surface area contributed by atoms with E-state index in [1.807, 2.05) is 10.8 Å². The third kappa shape index (κ3) is 2.17. The molecule has 0 saturated carbocycles. The molecular formula is C10H14N6. The van der Waals surface area contributed by atoms with Crippen molar-refractivity contribution in [3.05, 3.63) is 30.6 Å². The first-order valence-electron chi connectivity index (χ1n) is 5.16. The van der Waals surface area contributed by atoms with Crippen LogP contribution in [0.4, 0.5) is 5.82 Å². The quantitative estimate of drug-likeness (QED) is 0.588. The minimum absolute atomic E-state index is 0.613. The molecule has 2 aromatic heterocycles. The lowest BCUT2D eigenvalue weighted by atomic mass is 10.3. The number of hydrazine groups is 1. The molecule has 0 aliphatic carbocycles. The summed E-state index contributed by atoms with van der Waals surface area (Å²) in [5.74, 6) is 7.53. The Bertz CT molecular complexity index is 450. The molecular weight excluding hydrogens is 204 g/mol. The van der Waals surface area contributed by atoms with Crippen LogP contribution in [0.1, 0.15) is 19.2 Å². The van der Waals surface area contributed by atoms with Gasteiger partial charge in [-0.15, -0.1) is 0 Å². The molecule has 16 heavy (non-hydrogen) atoms. The molecule has 84 valence electrons. The van der Waals surface area contributed by atoms with Crippen LogP contribution in [0.25, 0.3) is 5.82 Å². The van der Waals surface area contributed by atoms with Crippen molar-refractivity contribution >= 4 is 5.82 Å². The van der Waals surface area contributed by atoms with E-state index in [2.05, 4.69) is 27.3 Å². The molecule has 2 aromatic rings. The molecule has 0 atom stereocenters. The van der Waals surface area contributed by atoms with Crippen molar-refractivity contribution in [2.75, 3.05) is 5.43 Å². The molecule has 0 aliphatic heterocycles. The number of anilines is 1. The molecule has 0 radical (unpaired) electrons. The molecule has 3 N–H and O–H groups in total. The van der Waals surface area contributed by atoms with Crippen LogP contribution in [-0.4, -0.2) is 19.5 Å². The SMILES string of the molecule is CCCc1nc(NN)cc(-n2ccnc2)n1. The molecule has 0 spiro atoms. The van der Waals surface area contributed by atoms with Crippen molar-refractivity contribution in [2.24, 2.45) is 5.84 Å². The smallest absolute Gasteiger partial charge is 0.145 e. The number of nitrogens with two attached hydrogens (primary N) is 1. The van der Waals surface area contributed by atoms with E-state index in [1.54, 1.807) is 18.6 Å². The van der Waals surface area contributed by atoms with Gasteiger partial charge in [0.15, 0.2) is 0 Å². The van der Waals surface area contributed by atoms with Crippen LogP contribution < -0.4 is 11.3 Å². The Kier molecular flexibility index (Phi) is 3.11. The van der Waals surface area contributed by atoms with Gasteiger partial charge < -0.3 is 5.43 Å². The normalized spacial score (nSPS) is 10.4. The molecule has 0 aromatic carbocycles. The summed E-state index contributed by atoms with van der Waals surface area (Å²) in [6, 6.07) is 1.78. The Labute approximate surface area is 93.5 Å². The second-order valence-corrected chi connectivity index (χ2v) is 3.39. The number of aryl methyl sites for hydroxylation is 1. The third-order valence-electron chi connectivity index (χ3n) is 2.15. The largest absolute Gasteiger partial charge is 0.308 e. The Morgan fingerprint density at radius 1 is 1.44 bits per heavy atom. The maximum Gasteiger partial charge on any atom is 0.145 e. The van der Waals surface area contributed by atoms with Gasteiger partial charge in [0.1, 0.15) is 23.8 Å². The van der Waals surface area contributed by atoms with Gasteiger partial charge in [0.2, 0.25) is 0 Å². The summed E-state index contributed by atoms with van der Waals surface area (Å²) in [6.45, 7) is 2.09. The average molecular weight is 218 g/mol. The number of nitrogens with zero attached hydrogens (tertiary/aromatic N) is 4. The maximum atomic E-state index is 5.37. The van der Waals surface area contributed by atoms with Crippen molar-refractivity contribution in [1.29, 1.82) is 0 Å². The van der Waals surface area contributed by atoms with Crippen LogP contribution in [0.15, 0.2) is 24.8 Å². The third-order valence-corrected chi connectivity index (χ3v) is 2.15. The zero-order chi connectivity index (χ0) is 11.4. The van der Waals surface area contributed by atoms with Gasteiger partial charge in [-0.05, 0) is 6.42 Å². The van der Waals surface area contributed by atoms with Crippen LogP contribution in [0.5, 0.6) is 0 Å². The van der Waals surface area contributed by atoms with E-state index >= 15 is 0 Å². The highest BCUT2D eigenvalue weighted by Gasteiger charge is 2.04. The summed E-state index contributed by atoms with van der Waals surface area (Å²) < 4.78 is 1.82. The number of imidazole rings is 1. The number of hydrogen-bond acceptors (Lipinski definition) is 5. The lowest BCUT2D eigenvalue weighted by Crippen LogP contribution is -2.12. The maximum absolute atomic E-state index is 5.37. The van der Waals surface area contributed by atoms with E-state index < -0.39 is 0 Å². The second-order valence-electron chi connectivity index (χ2n) is 3.39. The van der Waals surface area contributed by atoms with Crippen LogP contribution in [0.2, 0.25) is 0 Å². The number of rotatable bonds is 4. The Balaban J connectivity index is 2.41. The van der Waals surface area contributed by atoms with Gasteiger partial charge in [-0.3, -0.25) is 4.57 Å². The summed E-state index contributed by atoms with van der Waals surface area (Å²) >= 11 is 0. The van der Waals surface area contributed by atoms with Gasteiger partial charge >= 0.3 is 0 Å². The lowest BCUT2D eigenvalue weighted by Gasteiger charge is -2.07. The van der Waals surface area contributed by atoms with E-state index in [1.165, 1.54) is 0 Å². The lowest BCUT2D eigenvalue weighted by molar-refractivity contribution is 0.817. The van der Waals surface area contributed by atoms with Gasteiger partial charge in [-0.1, -0.05) is 6.92 Å². The topological polar surface area (TPSA) is 81.6 Å². The molecule has 2 rings (SSSR count). The molecule has 6 heteroatoms. The predicted octanol–water partition coefficient (Wildman–Crippen LogP) is 0.900. The molecule has 2 heterocycles. The molecule has 6 nitrogen and oxygen atoms in total. The number of nitrogen functional groups attached to an aromatic ring is 1. The summed E-state index contributed by atoms with van der Waals surface area (Å²) in [6.07, 6.45) is 7.06. The molecule has 0 unspecified atom stereocenters. The fourth-order valence-corrected chi connectivity index (χ4v) is 1.42. The van der Waals surface area contributed by atoms with Crippen molar-refractivity contribution in [3.63, 3.8) is 0 Å². The highest BCUT2D eigenvalue weighted by molar-refractivity contribution is 5.40. The van der Waals surface area contributed by atoms with E-state index in [9.17, 15) is 0 Å². The standard InChI is InChI=1S/C10H14N6/c1-2-3-8-13-9(15-11)6-10(14-8)16-5-4-12-7-16/h4-7H,2-3,11H2,1H3,(H,13,14,15). The van der Waals surface area contributed by atoms with Crippen molar-refractivity contribution < 1.29 is 0 Å². The van der Waals surface area contributed by atoms with Gasteiger partial charge in [0, 0.05) is 24.9 Å². The van der Waals surface area contributed by atoms with Gasteiger partial charge in [0.25, 0.3) is 0 Å². The summed E-state index contributed by atoms with van der Waals surface area (Å²) in [7, 11) is 0. The zero-order valence-corrected chi connectivity index (χ0v) is 9.09. The molecule has 0 fully saturated rings. The van der Waals surface area contributed by atoms with E-state index in [4.69, 9.17) is 5.84 Å². The average Bonchev–Trinajstić information content (AvgIpc) is 2.82. The fraction of sp³-hybridized carbons (Fsp3) is 0.300. The number of hydrogen-bond donors (Lipinski definition) is 2. The van der Waals surface area contributed by atoms with Crippen LogP contribution >= 0.6 is 0 Å². The van der Waals surface area contributed by atoms with Crippen molar-refractivity contribution in [3.8, 4) is 5.82 Å². The van der Waals surface area contributed by atoms with Crippen LogP contribution in [0, 0.1) is 0 Å². The zero-order valence-electron chi connectivity index (χ0n) is 9.09. The molecule has 0 bridgehead atoms. The fourth-order valence-electron chi connectivity index (χ4n) is 1.42.